The van der Waals surface area contributed by atoms with Gasteiger partial charge in [-0.1, -0.05) is 6.42 Å². The Morgan fingerprint density at radius 3 is 2.27 bits per heavy atom. The second kappa shape index (κ2) is 8.83. The molecule has 1 aliphatic rings. The molecule has 0 spiro atoms. The van der Waals surface area contributed by atoms with Gasteiger partial charge < -0.3 is 9.47 Å². The zero-order chi connectivity index (χ0) is 21.9. The molecular weight excluding hydrogens is 428 g/mol. The lowest BCUT2D eigenvalue weighted by Gasteiger charge is -2.32. The summed E-state index contributed by atoms with van der Waals surface area (Å²) in [6.45, 7) is 2.40. The second-order valence-corrected chi connectivity index (χ2v) is 10.6. The van der Waals surface area contributed by atoms with Crippen LogP contribution in [0, 0.1) is 0 Å². The number of nitrogens with zero attached hydrogens (tertiary/aromatic N) is 1. The summed E-state index contributed by atoms with van der Waals surface area (Å²) in [6, 6.07) is 10.0. The van der Waals surface area contributed by atoms with Crippen LogP contribution in [0.5, 0.6) is 11.5 Å². The molecule has 1 saturated heterocycles. The molecule has 0 amide bonds. The molecule has 2 aromatic carbocycles. The maximum Gasteiger partial charge on any atom is 0.265 e. The van der Waals surface area contributed by atoms with Crippen LogP contribution in [0.1, 0.15) is 26.2 Å². The van der Waals surface area contributed by atoms with Gasteiger partial charge in [0.1, 0.15) is 16.4 Å². The van der Waals surface area contributed by atoms with E-state index in [4.69, 9.17) is 9.47 Å². The van der Waals surface area contributed by atoms with E-state index < -0.39 is 20.0 Å². The van der Waals surface area contributed by atoms with Gasteiger partial charge in [-0.25, -0.2) is 16.8 Å². The van der Waals surface area contributed by atoms with Crippen molar-refractivity contribution in [1.82, 2.24) is 4.31 Å². The number of nitrogens with one attached hydrogen (secondary N) is 1. The SMILES string of the molecule is COc1ccc(S(=O)(=O)Nc2ccc(S(=O)(=O)N3CCCCC3C)cc2)c(OC)c1. The molecule has 1 heterocycles. The van der Waals surface area contributed by atoms with Gasteiger partial charge in [-0.3, -0.25) is 4.72 Å². The Morgan fingerprint density at radius 1 is 0.967 bits per heavy atom. The molecule has 1 atom stereocenters. The molecule has 2 aromatic rings. The summed E-state index contributed by atoms with van der Waals surface area (Å²) >= 11 is 0. The van der Waals surface area contributed by atoms with E-state index in [9.17, 15) is 16.8 Å². The molecule has 8 nitrogen and oxygen atoms in total. The van der Waals surface area contributed by atoms with Crippen LogP contribution < -0.4 is 14.2 Å². The average Bonchev–Trinajstić information content (AvgIpc) is 2.73. The summed E-state index contributed by atoms with van der Waals surface area (Å²) in [4.78, 5) is 0.0888. The molecule has 0 bridgehead atoms. The van der Waals surface area contributed by atoms with Gasteiger partial charge >= 0.3 is 0 Å². The van der Waals surface area contributed by atoms with Crippen molar-refractivity contribution < 1.29 is 26.3 Å². The second-order valence-electron chi connectivity index (χ2n) is 7.11. The molecule has 3 rings (SSSR count). The first-order chi connectivity index (χ1) is 14.2. The highest BCUT2D eigenvalue weighted by molar-refractivity contribution is 7.92. The average molecular weight is 455 g/mol. The molecule has 10 heteroatoms. The molecule has 1 unspecified atom stereocenters. The van der Waals surface area contributed by atoms with Gasteiger partial charge in [-0.05, 0) is 56.2 Å². The van der Waals surface area contributed by atoms with Crippen LogP contribution in [0.2, 0.25) is 0 Å². The fourth-order valence-corrected chi connectivity index (χ4v) is 6.38. The van der Waals surface area contributed by atoms with Gasteiger partial charge in [0, 0.05) is 24.3 Å². The lowest BCUT2D eigenvalue weighted by atomic mass is 10.1. The van der Waals surface area contributed by atoms with Crippen molar-refractivity contribution in [3.8, 4) is 11.5 Å². The number of hydrogen-bond donors (Lipinski definition) is 1. The number of anilines is 1. The summed E-state index contributed by atoms with van der Waals surface area (Å²) < 4.78 is 65.7. The summed E-state index contributed by atoms with van der Waals surface area (Å²) in [5.41, 5.74) is 0.249. The summed E-state index contributed by atoms with van der Waals surface area (Å²) in [7, 11) is -4.73. The number of hydrogen-bond acceptors (Lipinski definition) is 6. The molecule has 164 valence electrons. The number of piperidine rings is 1. The minimum absolute atomic E-state index is 0.0513. The van der Waals surface area contributed by atoms with Gasteiger partial charge in [0.15, 0.2) is 0 Å². The largest absolute Gasteiger partial charge is 0.497 e. The van der Waals surface area contributed by atoms with Crippen molar-refractivity contribution in [2.75, 3.05) is 25.5 Å². The van der Waals surface area contributed by atoms with E-state index in [0.717, 1.165) is 19.3 Å². The Hall–Kier alpha value is -2.30. The topological polar surface area (TPSA) is 102 Å². The maximum absolute atomic E-state index is 12.9. The zero-order valence-electron chi connectivity index (χ0n) is 17.2. The van der Waals surface area contributed by atoms with Crippen LogP contribution in [0.3, 0.4) is 0 Å². The number of methoxy groups -OCH3 is 2. The third-order valence-electron chi connectivity index (χ3n) is 5.12. The quantitative estimate of drug-likeness (QED) is 0.690. The first kappa shape index (κ1) is 22.4. The fraction of sp³-hybridized carbons (Fsp3) is 0.400. The van der Waals surface area contributed by atoms with E-state index >= 15 is 0 Å². The zero-order valence-corrected chi connectivity index (χ0v) is 18.8. The minimum Gasteiger partial charge on any atom is -0.497 e. The molecular formula is C20H26N2O6S2. The highest BCUT2D eigenvalue weighted by Gasteiger charge is 2.31. The van der Waals surface area contributed by atoms with E-state index in [2.05, 4.69) is 4.72 Å². The maximum atomic E-state index is 12.9. The van der Waals surface area contributed by atoms with Gasteiger partial charge in [-0.15, -0.1) is 0 Å². The van der Waals surface area contributed by atoms with Crippen LogP contribution in [0.25, 0.3) is 0 Å². The third-order valence-corrected chi connectivity index (χ3v) is 8.56. The highest BCUT2D eigenvalue weighted by Crippen LogP contribution is 2.30. The number of ether oxygens (including phenoxy) is 2. The fourth-order valence-electron chi connectivity index (χ4n) is 3.47. The van der Waals surface area contributed by atoms with Crippen LogP contribution in [0.15, 0.2) is 52.3 Å². The van der Waals surface area contributed by atoms with Crippen LogP contribution >= 0.6 is 0 Å². The predicted octanol–water partition coefficient (Wildman–Crippen LogP) is 3.07. The lowest BCUT2D eigenvalue weighted by Crippen LogP contribution is -2.41. The minimum atomic E-state index is -3.95. The van der Waals surface area contributed by atoms with E-state index in [-0.39, 0.29) is 27.3 Å². The molecule has 1 fully saturated rings. The van der Waals surface area contributed by atoms with Gasteiger partial charge in [-0.2, -0.15) is 4.31 Å². The molecule has 0 aromatic heterocycles. The Morgan fingerprint density at radius 2 is 1.67 bits per heavy atom. The Labute approximate surface area is 177 Å². The predicted molar refractivity (Wildman–Crippen MR) is 114 cm³/mol. The Balaban J connectivity index is 1.83. The molecule has 30 heavy (non-hydrogen) atoms. The first-order valence-electron chi connectivity index (χ1n) is 9.56. The van der Waals surface area contributed by atoms with Crippen LogP contribution in [-0.2, 0) is 20.0 Å². The highest BCUT2D eigenvalue weighted by atomic mass is 32.2. The van der Waals surface area contributed by atoms with Crippen molar-refractivity contribution in [3.05, 3.63) is 42.5 Å². The molecule has 0 radical (unpaired) electrons. The Kier molecular flexibility index (Phi) is 6.59. The number of rotatable bonds is 7. The monoisotopic (exact) mass is 454 g/mol. The van der Waals surface area contributed by atoms with E-state index in [1.807, 2.05) is 6.92 Å². The number of benzene rings is 2. The first-order valence-corrected chi connectivity index (χ1v) is 12.5. The Bertz CT molecular complexity index is 1100. The van der Waals surface area contributed by atoms with Crippen LogP contribution in [-0.4, -0.2) is 47.9 Å². The normalized spacial score (nSPS) is 18.0. The van der Waals surface area contributed by atoms with Crippen LogP contribution in [0.4, 0.5) is 5.69 Å². The summed E-state index contributed by atoms with van der Waals surface area (Å²) in [6.07, 6.45) is 2.69. The number of sulfonamides is 2. The summed E-state index contributed by atoms with van der Waals surface area (Å²) in [5, 5.41) is 0. The standard InChI is InChI=1S/C20H26N2O6S2/c1-15-6-4-5-13-22(15)30(25,26)18-10-7-16(8-11-18)21-29(23,24)20-12-9-17(27-2)14-19(20)28-3/h7-12,14-15,21H,4-6,13H2,1-3H3. The van der Waals surface area contributed by atoms with E-state index in [0.29, 0.717) is 12.3 Å². The van der Waals surface area contributed by atoms with Crippen molar-refractivity contribution in [2.45, 2.75) is 42.0 Å². The van der Waals surface area contributed by atoms with Gasteiger partial charge in [0.2, 0.25) is 10.0 Å². The molecule has 0 saturated carbocycles. The molecule has 0 aliphatic carbocycles. The lowest BCUT2D eigenvalue weighted by molar-refractivity contribution is 0.268. The van der Waals surface area contributed by atoms with Crippen molar-refractivity contribution in [2.24, 2.45) is 0 Å². The molecule has 1 N–H and O–H groups in total. The third kappa shape index (κ3) is 4.55. The smallest absolute Gasteiger partial charge is 0.265 e. The van der Waals surface area contributed by atoms with E-state index in [1.54, 1.807) is 0 Å². The van der Waals surface area contributed by atoms with Gasteiger partial charge in [0.25, 0.3) is 10.0 Å². The van der Waals surface area contributed by atoms with Crippen molar-refractivity contribution >= 4 is 25.7 Å². The van der Waals surface area contributed by atoms with E-state index in [1.165, 1.54) is 61.0 Å². The van der Waals surface area contributed by atoms with Crippen molar-refractivity contribution in [1.29, 1.82) is 0 Å². The molecule has 1 aliphatic heterocycles. The summed E-state index contributed by atoms with van der Waals surface area (Å²) in [5.74, 6) is 0.604. The van der Waals surface area contributed by atoms with Gasteiger partial charge in [0.05, 0.1) is 19.1 Å². The van der Waals surface area contributed by atoms with Crippen molar-refractivity contribution in [3.63, 3.8) is 0 Å².